The molecule has 0 spiro atoms. The van der Waals surface area contributed by atoms with E-state index in [4.69, 9.17) is 21.1 Å². The first-order chi connectivity index (χ1) is 10.0. The first-order valence-electron chi connectivity index (χ1n) is 6.95. The van der Waals surface area contributed by atoms with Crippen LogP contribution in [0.15, 0.2) is 12.1 Å². The highest BCUT2D eigenvalue weighted by Gasteiger charge is 2.18. The number of halogens is 1. The molecule has 6 heteroatoms. The third-order valence-corrected chi connectivity index (χ3v) is 3.25. The van der Waals surface area contributed by atoms with Crippen molar-refractivity contribution in [3.8, 4) is 11.5 Å². The highest BCUT2D eigenvalue weighted by atomic mass is 35.5. The molecule has 1 aromatic rings. The van der Waals surface area contributed by atoms with Crippen LogP contribution in [0.4, 0.5) is 0 Å². The highest BCUT2D eigenvalue weighted by molar-refractivity contribution is 6.32. The summed E-state index contributed by atoms with van der Waals surface area (Å²) in [5, 5.41) is 3.39. The fraction of sp³-hybridized carbons (Fsp3) is 0.533. The van der Waals surface area contributed by atoms with Crippen molar-refractivity contribution in [2.75, 3.05) is 40.9 Å². The topological polar surface area (TPSA) is 50.8 Å². The summed E-state index contributed by atoms with van der Waals surface area (Å²) in [6.07, 6.45) is 0.868. The molecule has 0 unspecified atom stereocenters. The molecular formula is C15H23ClN2O3. The maximum atomic E-state index is 12.3. The Morgan fingerprint density at radius 1 is 1.43 bits per heavy atom. The fourth-order valence-corrected chi connectivity index (χ4v) is 2.05. The summed E-state index contributed by atoms with van der Waals surface area (Å²) in [6.45, 7) is 3.90. The first kappa shape index (κ1) is 17.6. The Morgan fingerprint density at radius 2 is 2.14 bits per heavy atom. The van der Waals surface area contributed by atoms with Crippen LogP contribution < -0.4 is 14.8 Å². The number of carbonyl (C=O) groups excluding carboxylic acids is 1. The Morgan fingerprint density at radius 3 is 2.71 bits per heavy atom. The van der Waals surface area contributed by atoms with E-state index in [1.54, 1.807) is 24.1 Å². The van der Waals surface area contributed by atoms with Crippen LogP contribution in [0, 0.1) is 0 Å². The molecule has 0 aliphatic carbocycles. The smallest absolute Gasteiger partial charge is 0.253 e. The van der Waals surface area contributed by atoms with Crippen molar-refractivity contribution in [2.24, 2.45) is 0 Å². The molecule has 21 heavy (non-hydrogen) atoms. The van der Waals surface area contributed by atoms with Gasteiger partial charge in [0.05, 0.1) is 18.7 Å². The summed E-state index contributed by atoms with van der Waals surface area (Å²) >= 11 is 6.21. The van der Waals surface area contributed by atoms with E-state index in [1.165, 1.54) is 7.11 Å². The highest BCUT2D eigenvalue weighted by Crippen LogP contribution is 2.36. The number of amides is 1. The van der Waals surface area contributed by atoms with Gasteiger partial charge in [-0.15, -0.1) is 0 Å². The van der Waals surface area contributed by atoms with E-state index in [-0.39, 0.29) is 5.91 Å². The largest absolute Gasteiger partial charge is 0.493 e. The van der Waals surface area contributed by atoms with Gasteiger partial charge in [0.1, 0.15) is 0 Å². The number of nitrogens with one attached hydrogen (secondary N) is 1. The van der Waals surface area contributed by atoms with Gasteiger partial charge in [-0.2, -0.15) is 0 Å². The van der Waals surface area contributed by atoms with Crippen LogP contribution in [-0.4, -0.2) is 51.7 Å². The van der Waals surface area contributed by atoms with Crippen molar-refractivity contribution in [1.29, 1.82) is 0 Å². The third kappa shape index (κ3) is 4.79. The number of hydrogen-bond donors (Lipinski definition) is 1. The SMILES string of the molecule is CCCOc1c(Cl)cc(C(=O)N(C)CCNC)cc1OC. The van der Waals surface area contributed by atoms with Crippen molar-refractivity contribution in [3.05, 3.63) is 22.7 Å². The number of benzene rings is 1. The van der Waals surface area contributed by atoms with Crippen LogP contribution >= 0.6 is 11.6 Å². The quantitative estimate of drug-likeness (QED) is 0.800. The maximum absolute atomic E-state index is 12.3. The van der Waals surface area contributed by atoms with E-state index in [0.29, 0.717) is 35.2 Å². The van der Waals surface area contributed by atoms with E-state index in [1.807, 2.05) is 14.0 Å². The minimum absolute atomic E-state index is 0.104. The van der Waals surface area contributed by atoms with Gasteiger partial charge in [-0.25, -0.2) is 0 Å². The Bertz CT molecular complexity index is 480. The maximum Gasteiger partial charge on any atom is 0.253 e. The molecule has 118 valence electrons. The molecule has 0 bridgehead atoms. The van der Waals surface area contributed by atoms with Gasteiger partial charge in [0.15, 0.2) is 11.5 Å². The van der Waals surface area contributed by atoms with Gasteiger partial charge in [0.2, 0.25) is 0 Å². The molecule has 1 rings (SSSR count). The van der Waals surface area contributed by atoms with Crippen LogP contribution in [0.3, 0.4) is 0 Å². The average Bonchev–Trinajstić information content (AvgIpc) is 2.49. The predicted octanol–water partition coefficient (Wildman–Crippen LogP) is 2.43. The zero-order chi connectivity index (χ0) is 15.8. The van der Waals surface area contributed by atoms with Gasteiger partial charge in [-0.3, -0.25) is 4.79 Å². The molecule has 1 aromatic carbocycles. The monoisotopic (exact) mass is 314 g/mol. The summed E-state index contributed by atoms with van der Waals surface area (Å²) in [5.41, 5.74) is 0.485. The predicted molar refractivity (Wildman–Crippen MR) is 84.7 cm³/mol. The molecular weight excluding hydrogens is 292 g/mol. The van der Waals surface area contributed by atoms with Crippen LogP contribution in [0.1, 0.15) is 23.7 Å². The first-order valence-corrected chi connectivity index (χ1v) is 7.33. The van der Waals surface area contributed by atoms with E-state index in [2.05, 4.69) is 5.32 Å². The zero-order valence-corrected chi connectivity index (χ0v) is 13.8. The van der Waals surface area contributed by atoms with Gasteiger partial charge in [-0.1, -0.05) is 18.5 Å². The molecule has 1 N–H and O–H groups in total. The molecule has 0 saturated carbocycles. The Balaban J connectivity index is 2.99. The molecule has 0 aliphatic rings. The van der Waals surface area contributed by atoms with Crippen molar-refractivity contribution in [1.82, 2.24) is 10.2 Å². The number of likely N-dealkylation sites (N-methyl/N-ethyl adjacent to an activating group) is 2. The summed E-state index contributed by atoms with van der Waals surface area (Å²) in [6, 6.07) is 3.28. The van der Waals surface area contributed by atoms with E-state index in [0.717, 1.165) is 13.0 Å². The number of carbonyl (C=O) groups is 1. The third-order valence-electron chi connectivity index (χ3n) is 2.97. The lowest BCUT2D eigenvalue weighted by Crippen LogP contribution is -2.32. The number of methoxy groups -OCH3 is 1. The lowest BCUT2D eigenvalue weighted by molar-refractivity contribution is 0.0796. The molecule has 5 nitrogen and oxygen atoms in total. The normalized spacial score (nSPS) is 10.3. The summed E-state index contributed by atoms with van der Waals surface area (Å²) in [4.78, 5) is 14.0. The lowest BCUT2D eigenvalue weighted by atomic mass is 10.1. The Hall–Kier alpha value is -1.46. The second-order valence-corrected chi connectivity index (χ2v) is 5.08. The minimum atomic E-state index is -0.104. The van der Waals surface area contributed by atoms with Crippen molar-refractivity contribution < 1.29 is 14.3 Å². The fourth-order valence-electron chi connectivity index (χ4n) is 1.79. The number of nitrogens with zero attached hydrogens (tertiary/aromatic N) is 1. The van der Waals surface area contributed by atoms with Crippen molar-refractivity contribution in [3.63, 3.8) is 0 Å². The van der Waals surface area contributed by atoms with E-state index < -0.39 is 0 Å². The second kappa shape index (κ2) is 8.74. The lowest BCUT2D eigenvalue weighted by Gasteiger charge is -2.19. The molecule has 0 saturated heterocycles. The zero-order valence-electron chi connectivity index (χ0n) is 13.0. The minimum Gasteiger partial charge on any atom is -0.493 e. The van der Waals surface area contributed by atoms with Crippen molar-refractivity contribution in [2.45, 2.75) is 13.3 Å². The van der Waals surface area contributed by atoms with Gasteiger partial charge >= 0.3 is 0 Å². The average molecular weight is 315 g/mol. The van der Waals surface area contributed by atoms with Gasteiger partial charge < -0.3 is 19.7 Å². The Labute approximate surface area is 131 Å². The van der Waals surface area contributed by atoms with Crippen molar-refractivity contribution >= 4 is 17.5 Å². The van der Waals surface area contributed by atoms with Gasteiger partial charge in [0.25, 0.3) is 5.91 Å². The van der Waals surface area contributed by atoms with E-state index in [9.17, 15) is 4.79 Å². The van der Waals surface area contributed by atoms with E-state index >= 15 is 0 Å². The van der Waals surface area contributed by atoms with Gasteiger partial charge in [0, 0.05) is 25.7 Å². The van der Waals surface area contributed by atoms with Gasteiger partial charge in [-0.05, 0) is 25.6 Å². The van der Waals surface area contributed by atoms with Crippen LogP contribution in [-0.2, 0) is 0 Å². The van der Waals surface area contributed by atoms with Crippen LogP contribution in [0.5, 0.6) is 11.5 Å². The molecule has 0 atom stereocenters. The van der Waals surface area contributed by atoms with Crippen LogP contribution in [0.25, 0.3) is 0 Å². The molecule has 0 heterocycles. The molecule has 0 aliphatic heterocycles. The summed E-state index contributed by atoms with van der Waals surface area (Å²) in [5.74, 6) is 0.851. The summed E-state index contributed by atoms with van der Waals surface area (Å²) < 4.78 is 10.9. The molecule has 0 radical (unpaired) electrons. The number of ether oxygens (including phenoxy) is 2. The molecule has 0 aromatic heterocycles. The molecule has 1 amide bonds. The molecule has 0 fully saturated rings. The number of hydrogen-bond acceptors (Lipinski definition) is 4. The second-order valence-electron chi connectivity index (χ2n) is 4.67. The standard InChI is InChI=1S/C15H23ClN2O3/c1-5-8-21-14-12(16)9-11(10-13(14)20-4)15(19)18(3)7-6-17-2/h9-10,17H,5-8H2,1-4H3. The van der Waals surface area contributed by atoms with Crippen LogP contribution in [0.2, 0.25) is 5.02 Å². The summed E-state index contributed by atoms with van der Waals surface area (Å²) in [7, 11) is 5.13. The Kier molecular flexibility index (Phi) is 7.32. The number of rotatable bonds is 8.